The number of carboxylic acids is 1. The van der Waals surface area contributed by atoms with Gasteiger partial charge in [-0.15, -0.1) is 0 Å². The molecule has 1 aromatic rings. The fourth-order valence-corrected chi connectivity index (χ4v) is 3.33. The number of nitrogens with zero attached hydrogens (tertiary/aromatic N) is 1. The minimum atomic E-state index is -1.55. The number of esters is 1. The minimum Gasteiger partial charge on any atom is -0.481 e. The van der Waals surface area contributed by atoms with E-state index in [0.29, 0.717) is 11.3 Å². The molecular formula is C18H22N2O7. The van der Waals surface area contributed by atoms with Crippen LogP contribution in [0.15, 0.2) is 36.0 Å². The zero-order valence-electron chi connectivity index (χ0n) is 15.3. The van der Waals surface area contributed by atoms with Crippen LogP contribution in [0, 0.1) is 16.0 Å². The van der Waals surface area contributed by atoms with Crippen LogP contribution in [-0.2, 0) is 19.1 Å². The number of hydrogen-bond donors (Lipinski definition) is 2. The van der Waals surface area contributed by atoms with Gasteiger partial charge in [-0.1, -0.05) is 18.2 Å². The van der Waals surface area contributed by atoms with Crippen LogP contribution < -0.4 is 5.32 Å². The Labute approximate surface area is 156 Å². The third-order valence-corrected chi connectivity index (χ3v) is 4.54. The van der Waals surface area contributed by atoms with Gasteiger partial charge in [0.1, 0.15) is 18.1 Å². The Morgan fingerprint density at radius 3 is 2.67 bits per heavy atom. The minimum absolute atomic E-state index is 0.0107. The molecule has 1 aromatic carbocycles. The molecule has 9 nitrogen and oxygen atoms in total. The largest absolute Gasteiger partial charge is 0.481 e. The van der Waals surface area contributed by atoms with Crippen molar-refractivity contribution >= 4 is 17.6 Å². The number of non-ortho nitro benzene ring substituents is 1. The second-order valence-corrected chi connectivity index (χ2v) is 6.50. The van der Waals surface area contributed by atoms with Gasteiger partial charge in [-0.2, -0.15) is 0 Å². The van der Waals surface area contributed by atoms with Crippen LogP contribution in [0.5, 0.6) is 0 Å². The first-order valence-electron chi connectivity index (χ1n) is 8.30. The number of methoxy groups -OCH3 is 1. The molecule has 0 amide bonds. The van der Waals surface area contributed by atoms with E-state index in [1.165, 1.54) is 32.2 Å². The van der Waals surface area contributed by atoms with Crippen molar-refractivity contribution in [3.8, 4) is 0 Å². The Bertz CT molecular complexity index is 777. The number of carbonyl (C=O) groups is 2. The molecule has 2 N–H and O–H groups in total. The van der Waals surface area contributed by atoms with Crippen LogP contribution in [-0.4, -0.2) is 47.8 Å². The van der Waals surface area contributed by atoms with E-state index in [2.05, 4.69) is 5.32 Å². The molecule has 0 saturated heterocycles. The van der Waals surface area contributed by atoms with Crippen molar-refractivity contribution in [2.24, 2.45) is 5.92 Å². The summed E-state index contributed by atoms with van der Waals surface area (Å²) in [6, 6.07) is 5.76. The van der Waals surface area contributed by atoms with Crippen LogP contribution >= 0.6 is 0 Å². The molecule has 27 heavy (non-hydrogen) atoms. The number of ether oxygens (including phenoxy) is 2. The van der Waals surface area contributed by atoms with Gasteiger partial charge in [0, 0.05) is 30.9 Å². The van der Waals surface area contributed by atoms with E-state index in [1.807, 2.05) is 0 Å². The summed E-state index contributed by atoms with van der Waals surface area (Å²) >= 11 is 0. The fraction of sp³-hybridized carbons (Fsp3) is 0.444. The molecule has 3 atom stereocenters. The number of aliphatic carboxylic acids is 1. The highest BCUT2D eigenvalue weighted by atomic mass is 16.6. The standard InChI is InChI=1S/C18H22N2O7/c1-11-9-14(12-5-4-6-13(10-12)20(24)25)15(16(21)22)18(2,19-11)17(23)27-8-7-26-3/h4-6,9-10,14-15,19H,7-8H2,1-3H3,(H,21,22). The van der Waals surface area contributed by atoms with Crippen molar-refractivity contribution in [1.29, 1.82) is 0 Å². The molecule has 0 aromatic heterocycles. The molecule has 1 aliphatic rings. The average Bonchev–Trinajstić information content (AvgIpc) is 2.60. The Kier molecular flexibility index (Phi) is 6.17. The number of nitro groups is 1. The van der Waals surface area contributed by atoms with Gasteiger partial charge >= 0.3 is 11.9 Å². The second-order valence-electron chi connectivity index (χ2n) is 6.50. The summed E-state index contributed by atoms with van der Waals surface area (Å²) in [7, 11) is 1.46. The molecule has 0 radical (unpaired) electrons. The number of rotatable bonds is 7. The third kappa shape index (κ3) is 4.25. The van der Waals surface area contributed by atoms with Crippen molar-refractivity contribution in [3.05, 3.63) is 51.7 Å². The summed E-state index contributed by atoms with van der Waals surface area (Å²) in [6.45, 7) is 3.33. The first-order valence-corrected chi connectivity index (χ1v) is 8.30. The highest BCUT2D eigenvalue weighted by molar-refractivity contribution is 5.89. The first-order chi connectivity index (χ1) is 12.7. The summed E-state index contributed by atoms with van der Waals surface area (Å²) in [4.78, 5) is 35.3. The highest BCUT2D eigenvalue weighted by Crippen LogP contribution is 2.40. The van der Waals surface area contributed by atoms with E-state index >= 15 is 0 Å². The molecule has 0 fully saturated rings. The van der Waals surface area contributed by atoms with E-state index in [-0.39, 0.29) is 18.9 Å². The molecule has 0 bridgehead atoms. The molecule has 1 heterocycles. The van der Waals surface area contributed by atoms with Crippen molar-refractivity contribution < 1.29 is 29.1 Å². The van der Waals surface area contributed by atoms with Crippen LogP contribution in [0.25, 0.3) is 0 Å². The number of carbonyl (C=O) groups excluding carboxylic acids is 1. The van der Waals surface area contributed by atoms with Crippen LogP contribution in [0.1, 0.15) is 25.3 Å². The Morgan fingerprint density at radius 2 is 2.07 bits per heavy atom. The van der Waals surface area contributed by atoms with E-state index in [4.69, 9.17) is 9.47 Å². The normalized spacial score (nSPS) is 24.5. The maximum Gasteiger partial charge on any atom is 0.332 e. The molecule has 0 aliphatic carbocycles. The van der Waals surface area contributed by atoms with Gasteiger partial charge in [-0.05, 0) is 19.4 Å². The van der Waals surface area contributed by atoms with Crippen LogP contribution in [0.2, 0.25) is 0 Å². The molecule has 3 unspecified atom stereocenters. The number of hydrogen-bond acceptors (Lipinski definition) is 7. The van der Waals surface area contributed by atoms with Crippen molar-refractivity contribution in [1.82, 2.24) is 5.32 Å². The first kappa shape index (κ1) is 20.4. The predicted octanol–water partition coefficient (Wildman–Crippen LogP) is 1.83. The lowest BCUT2D eigenvalue weighted by Crippen LogP contribution is -2.61. The topological polar surface area (TPSA) is 128 Å². The lowest BCUT2D eigenvalue weighted by Gasteiger charge is -2.42. The van der Waals surface area contributed by atoms with E-state index in [1.54, 1.807) is 19.1 Å². The number of allylic oxidation sites excluding steroid dienone is 2. The van der Waals surface area contributed by atoms with Gasteiger partial charge in [-0.25, -0.2) is 4.79 Å². The van der Waals surface area contributed by atoms with Crippen LogP contribution in [0.4, 0.5) is 5.69 Å². The van der Waals surface area contributed by atoms with Crippen molar-refractivity contribution in [3.63, 3.8) is 0 Å². The molecule has 0 spiro atoms. The average molecular weight is 378 g/mol. The number of carboxylic acid groups (broad SMARTS) is 1. The third-order valence-electron chi connectivity index (χ3n) is 4.54. The lowest BCUT2D eigenvalue weighted by molar-refractivity contribution is -0.384. The van der Waals surface area contributed by atoms with Gasteiger partial charge in [0.05, 0.1) is 11.5 Å². The summed E-state index contributed by atoms with van der Waals surface area (Å²) in [5, 5.41) is 23.8. The summed E-state index contributed by atoms with van der Waals surface area (Å²) in [5.74, 6) is -3.91. The maximum absolute atomic E-state index is 12.7. The highest BCUT2D eigenvalue weighted by Gasteiger charge is 2.52. The molecule has 1 aliphatic heterocycles. The Hall–Kier alpha value is -2.94. The van der Waals surface area contributed by atoms with Crippen LogP contribution in [0.3, 0.4) is 0 Å². The zero-order valence-corrected chi connectivity index (χ0v) is 15.3. The van der Waals surface area contributed by atoms with Gasteiger partial charge in [0.15, 0.2) is 0 Å². The molecule has 146 valence electrons. The number of nitro benzene ring substituents is 1. The molecular weight excluding hydrogens is 356 g/mol. The van der Waals surface area contributed by atoms with E-state index < -0.39 is 34.2 Å². The Morgan fingerprint density at radius 1 is 1.37 bits per heavy atom. The lowest BCUT2D eigenvalue weighted by atomic mass is 9.71. The quantitative estimate of drug-likeness (QED) is 0.318. The SMILES string of the molecule is COCCOC(=O)C1(C)NC(C)=CC(c2cccc([N+](=O)[O-])c2)C1C(=O)O. The second kappa shape index (κ2) is 8.17. The smallest absolute Gasteiger partial charge is 0.332 e. The van der Waals surface area contributed by atoms with Gasteiger partial charge < -0.3 is 19.9 Å². The number of benzene rings is 1. The maximum atomic E-state index is 12.7. The summed E-state index contributed by atoms with van der Waals surface area (Å²) < 4.78 is 10.0. The summed E-state index contributed by atoms with van der Waals surface area (Å²) in [6.07, 6.45) is 1.65. The zero-order chi connectivity index (χ0) is 20.2. The van der Waals surface area contributed by atoms with E-state index in [0.717, 1.165) is 0 Å². The molecule has 0 saturated carbocycles. The van der Waals surface area contributed by atoms with Crippen molar-refractivity contribution in [2.45, 2.75) is 25.3 Å². The van der Waals surface area contributed by atoms with Gasteiger partial charge in [-0.3, -0.25) is 14.9 Å². The van der Waals surface area contributed by atoms with E-state index in [9.17, 15) is 24.8 Å². The number of nitrogens with one attached hydrogen (secondary N) is 1. The molecule has 9 heteroatoms. The van der Waals surface area contributed by atoms with Crippen molar-refractivity contribution in [2.75, 3.05) is 20.3 Å². The monoisotopic (exact) mass is 378 g/mol. The Balaban J connectivity index is 2.46. The van der Waals surface area contributed by atoms with Gasteiger partial charge in [0.2, 0.25) is 0 Å². The van der Waals surface area contributed by atoms with Gasteiger partial charge in [0.25, 0.3) is 5.69 Å². The predicted molar refractivity (Wildman–Crippen MR) is 95.1 cm³/mol. The summed E-state index contributed by atoms with van der Waals surface area (Å²) in [5.41, 5.74) is -0.678. The fourth-order valence-electron chi connectivity index (χ4n) is 3.33. The molecule has 2 rings (SSSR count).